The molecule has 0 N–H and O–H groups in total. The molecule has 0 spiro atoms. The predicted octanol–water partition coefficient (Wildman–Crippen LogP) is 3.56. The normalized spacial score (nSPS) is 11.6. The predicted molar refractivity (Wildman–Crippen MR) is 71.1 cm³/mol. The third kappa shape index (κ3) is 2.25. The van der Waals surface area contributed by atoms with Gasteiger partial charge in [0, 0.05) is 11.6 Å². The third-order valence-electron chi connectivity index (χ3n) is 2.95. The minimum atomic E-state index is 0.625. The molecule has 3 nitrogen and oxygen atoms in total. The number of aldehydes is 1. The number of rotatable bonds is 3. The lowest BCUT2D eigenvalue weighted by Crippen LogP contribution is -1.87. The first-order valence-electron chi connectivity index (χ1n) is 5.79. The number of carbonyl (C=O) groups is 1. The summed E-state index contributed by atoms with van der Waals surface area (Å²) in [7, 11) is 0. The van der Waals surface area contributed by atoms with E-state index in [4.69, 9.17) is 4.52 Å². The summed E-state index contributed by atoms with van der Waals surface area (Å²) in [4.78, 5) is 10.4. The molecule has 0 saturated carbocycles. The summed E-state index contributed by atoms with van der Waals surface area (Å²) in [5, 5.41) is 4.08. The van der Waals surface area contributed by atoms with Gasteiger partial charge in [0.05, 0.1) is 0 Å². The van der Waals surface area contributed by atoms with Gasteiger partial charge in [-0.15, -0.1) is 0 Å². The van der Waals surface area contributed by atoms with Crippen molar-refractivity contribution in [2.75, 3.05) is 0 Å². The highest BCUT2D eigenvalue weighted by molar-refractivity contribution is 5.80. The Kier molecular flexibility index (Phi) is 3.42. The molecule has 0 radical (unpaired) electrons. The summed E-state index contributed by atoms with van der Waals surface area (Å²) in [5.74, 6) is 0.625. The van der Waals surface area contributed by atoms with Crippen LogP contribution in [0.5, 0.6) is 0 Å². The van der Waals surface area contributed by atoms with Crippen molar-refractivity contribution in [2.24, 2.45) is 0 Å². The van der Waals surface area contributed by atoms with E-state index in [1.54, 1.807) is 0 Å². The lowest BCUT2D eigenvalue weighted by molar-refractivity contribution is -0.104. The molecule has 0 aliphatic heterocycles. The van der Waals surface area contributed by atoms with E-state index in [1.807, 2.05) is 45.0 Å². The van der Waals surface area contributed by atoms with Gasteiger partial charge < -0.3 is 4.52 Å². The van der Waals surface area contributed by atoms with Gasteiger partial charge in [0.2, 0.25) is 0 Å². The molecule has 0 amide bonds. The van der Waals surface area contributed by atoms with E-state index in [-0.39, 0.29) is 0 Å². The van der Waals surface area contributed by atoms with Crippen LogP contribution in [0.25, 0.3) is 16.8 Å². The quantitative estimate of drug-likeness (QED) is 0.609. The summed E-state index contributed by atoms with van der Waals surface area (Å²) in [5.41, 5.74) is 4.99. The minimum absolute atomic E-state index is 0.625. The summed E-state index contributed by atoms with van der Waals surface area (Å²) in [6.07, 6.45) is 2.21. The second-order valence-electron chi connectivity index (χ2n) is 4.33. The van der Waals surface area contributed by atoms with Gasteiger partial charge in [0.1, 0.15) is 12.0 Å². The Morgan fingerprint density at radius 2 is 1.94 bits per heavy atom. The molecule has 0 aliphatic carbocycles. The number of benzene rings is 1. The zero-order valence-electron chi connectivity index (χ0n) is 10.7. The topological polar surface area (TPSA) is 43.1 Å². The van der Waals surface area contributed by atoms with Crippen molar-refractivity contribution in [3.63, 3.8) is 0 Å². The third-order valence-corrected chi connectivity index (χ3v) is 2.95. The average Bonchev–Trinajstić information content (AvgIpc) is 2.78. The highest BCUT2D eigenvalue weighted by atomic mass is 16.5. The maximum atomic E-state index is 10.4. The first kappa shape index (κ1) is 12.3. The van der Waals surface area contributed by atoms with E-state index in [9.17, 15) is 4.79 Å². The van der Waals surface area contributed by atoms with Gasteiger partial charge >= 0.3 is 0 Å². The molecule has 0 atom stereocenters. The van der Waals surface area contributed by atoms with E-state index < -0.39 is 0 Å². The smallest absolute Gasteiger partial charge is 0.163 e. The van der Waals surface area contributed by atoms with Crippen LogP contribution in [0.4, 0.5) is 0 Å². The van der Waals surface area contributed by atoms with Crippen molar-refractivity contribution in [3.8, 4) is 11.3 Å². The molecule has 2 rings (SSSR count). The maximum Gasteiger partial charge on any atom is 0.163 e. The molecule has 3 heteroatoms. The summed E-state index contributed by atoms with van der Waals surface area (Å²) in [6, 6.07) is 7.98. The van der Waals surface area contributed by atoms with Crippen molar-refractivity contribution in [3.05, 3.63) is 47.2 Å². The van der Waals surface area contributed by atoms with Crippen LogP contribution in [0.1, 0.15) is 23.8 Å². The van der Waals surface area contributed by atoms with E-state index in [2.05, 4.69) is 5.16 Å². The van der Waals surface area contributed by atoms with Crippen LogP contribution in [-0.2, 0) is 4.79 Å². The first-order valence-corrected chi connectivity index (χ1v) is 5.79. The molecule has 1 heterocycles. The molecule has 0 unspecified atom stereocenters. The van der Waals surface area contributed by atoms with Crippen LogP contribution >= 0.6 is 0 Å². The van der Waals surface area contributed by atoms with Crippen molar-refractivity contribution in [2.45, 2.75) is 20.8 Å². The molecular weight excluding hydrogens is 226 g/mol. The fourth-order valence-corrected chi connectivity index (χ4v) is 1.98. The van der Waals surface area contributed by atoms with E-state index in [0.717, 1.165) is 34.2 Å². The Hall–Kier alpha value is -2.16. The number of allylic oxidation sites excluding steroid dienone is 2. The largest absolute Gasteiger partial charge is 0.356 e. The summed E-state index contributed by atoms with van der Waals surface area (Å²) >= 11 is 0. The Morgan fingerprint density at radius 1 is 1.28 bits per heavy atom. The monoisotopic (exact) mass is 241 g/mol. The zero-order valence-corrected chi connectivity index (χ0v) is 10.7. The van der Waals surface area contributed by atoms with Crippen molar-refractivity contribution in [1.29, 1.82) is 0 Å². The standard InChI is InChI=1S/C15H15NO2/c1-10(7-8-17)14-9-13(16-18-14)15-11(2)5-4-6-12(15)3/h4-9H,1-3H3/b10-7-. The minimum Gasteiger partial charge on any atom is -0.356 e. The second kappa shape index (κ2) is 5.00. The van der Waals surface area contributed by atoms with Crippen molar-refractivity contribution in [1.82, 2.24) is 5.16 Å². The van der Waals surface area contributed by atoms with Crippen LogP contribution < -0.4 is 0 Å². The van der Waals surface area contributed by atoms with Gasteiger partial charge in [-0.1, -0.05) is 23.4 Å². The number of aryl methyl sites for hydroxylation is 2. The molecule has 0 aliphatic rings. The fraction of sp³-hybridized carbons (Fsp3) is 0.200. The Labute approximate surface area is 106 Å². The van der Waals surface area contributed by atoms with Gasteiger partial charge in [-0.25, -0.2) is 0 Å². The lowest BCUT2D eigenvalue weighted by atomic mass is 10.00. The maximum absolute atomic E-state index is 10.4. The second-order valence-corrected chi connectivity index (χ2v) is 4.33. The Bertz CT molecular complexity index is 588. The van der Waals surface area contributed by atoms with Crippen molar-refractivity contribution >= 4 is 11.9 Å². The van der Waals surface area contributed by atoms with Crippen LogP contribution in [-0.4, -0.2) is 11.4 Å². The van der Waals surface area contributed by atoms with E-state index in [0.29, 0.717) is 5.76 Å². The van der Waals surface area contributed by atoms with Gasteiger partial charge in [-0.2, -0.15) is 0 Å². The summed E-state index contributed by atoms with van der Waals surface area (Å²) < 4.78 is 5.27. The number of aromatic nitrogens is 1. The molecule has 0 bridgehead atoms. The van der Waals surface area contributed by atoms with E-state index in [1.165, 1.54) is 6.08 Å². The molecule has 2 aromatic rings. The molecule has 1 aromatic heterocycles. The molecule has 18 heavy (non-hydrogen) atoms. The SMILES string of the molecule is C/C(=C/C=O)c1cc(-c2c(C)cccc2C)no1. The van der Waals surface area contributed by atoms with Gasteiger partial charge in [0.15, 0.2) is 5.76 Å². The fourth-order valence-electron chi connectivity index (χ4n) is 1.98. The Morgan fingerprint density at radius 3 is 2.56 bits per heavy atom. The number of hydrogen-bond acceptors (Lipinski definition) is 3. The van der Waals surface area contributed by atoms with Crippen molar-refractivity contribution < 1.29 is 9.32 Å². The number of hydrogen-bond donors (Lipinski definition) is 0. The van der Waals surface area contributed by atoms with Gasteiger partial charge in [-0.05, 0) is 43.5 Å². The average molecular weight is 241 g/mol. The Balaban J connectivity index is 2.48. The zero-order chi connectivity index (χ0) is 13.1. The first-order chi connectivity index (χ1) is 8.63. The highest BCUT2D eigenvalue weighted by Gasteiger charge is 2.11. The molecule has 0 saturated heterocycles. The molecular formula is C15H15NO2. The summed E-state index contributed by atoms with van der Waals surface area (Å²) in [6.45, 7) is 5.92. The van der Waals surface area contributed by atoms with E-state index >= 15 is 0 Å². The molecule has 0 fully saturated rings. The number of carbonyl (C=O) groups excluding carboxylic acids is 1. The number of nitrogens with zero attached hydrogens (tertiary/aromatic N) is 1. The molecule has 92 valence electrons. The van der Waals surface area contributed by atoms with Crippen LogP contribution in [0.2, 0.25) is 0 Å². The van der Waals surface area contributed by atoms with Gasteiger partial charge in [-0.3, -0.25) is 4.79 Å². The van der Waals surface area contributed by atoms with Crippen LogP contribution in [0.3, 0.4) is 0 Å². The molecule has 1 aromatic carbocycles. The van der Waals surface area contributed by atoms with Crippen LogP contribution in [0, 0.1) is 13.8 Å². The lowest BCUT2D eigenvalue weighted by Gasteiger charge is -2.04. The highest BCUT2D eigenvalue weighted by Crippen LogP contribution is 2.28. The van der Waals surface area contributed by atoms with Gasteiger partial charge in [0.25, 0.3) is 0 Å². The van der Waals surface area contributed by atoms with Crippen LogP contribution in [0.15, 0.2) is 34.9 Å².